The number of carbonyl (C=O) groups is 1. The highest BCUT2D eigenvalue weighted by molar-refractivity contribution is 5.93. The Hall–Kier alpha value is -1.50. The lowest BCUT2D eigenvalue weighted by Crippen LogP contribution is -2.53. The Morgan fingerprint density at radius 2 is 2.35 bits per heavy atom. The number of fused-ring (bicyclic) bond motifs is 3. The van der Waals surface area contributed by atoms with E-state index >= 15 is 0 Å². The molecule has 5 nitrogen and oxygen atoms in total. The summed E-state index contributed by atoms with van der Waals surface area (Å²) in [5.74, 6) is -1.13. The van der Waals surface area contributed by atoms with Crippen LogP contribution in [0.25, 0.3) is 0 Å². The van der Waals surface area contributed by atoms with Crippen molar-refractivity contribution in [1.29, 1.82) is 0 Å². The van der Waals surface area contributed by atoms with Crippen LogP contribution in [0.5, 0.6) is 0 Å². The van der Waals surface area contributed by atoms with Crippen molar-refractivity contribution in [2.75, 3.05) is 13.2 Å². The molecule has 3 aliphatic heterocycles. The number of ether oxygens (including phenoxy) is 1. The number of benzene rings is 1. The van der Waals surface area contributed by atoms with E-state index < -0.39 is 11.7 Å². The Morgan fingerprint density at radius 1 is 1.50 bits per heavy atom. The molecule has 1 aromatic rings. The van der Waals surface area contributed by atoms with E-state index in [-0.39, 0.29) is 11.7 Å². The molecule has 3 fully saturated rings. The third-order valence-electron chi connectivity index (χ3n) is 4.09. The number of halogens is 1. The SMILES string of the molecule is O=C(NO)c1ccc(CN2CC3CCC2CO3)c(F)c1. The quantitative estimate of drug-likeness (QED) is 0.647. The maximum absolute atomic E-state index is 14.0. The monoisotopic (exact) mass is 280 g/mol. The van der Waals surface area contributed by atoms with Crippen molar-refractivity contribution >= 4 is 5.91 Å². The largest absolute Gasteiger partial charge is 0.375 e. The van der Waals surface area contributed by atoms with Crippen LogP contribution in [0.15, 0.2) is 18.2 Å². The van der Waals surface area contributed by atoms with E-state index in [4.69, 9.17) is 9.94 Å². The topological polar surface area (TPSA) is 61.8 Å². The van der Waals surface area contributed by atoms with Gasteiger partial charge in [-0.2, -0.15) is 0 Å². The second kappa shape index (κ2) is 5.47. The van der Waals surface area contributed by atoms with Gasteiger partial charge >= 0.3 is 0 Å². The molecule has 0 aromatic heterocycles. The standard InChI is InChI=1S/C14H17FN2O3/c15-13-5-9(14(18)16-19)1-2-10(13)6-17-7-12-4-3-11(17)8-20-12/h1-2,5,11-12,19H,3-4,6-8H2,(H,16,18). The number of nitrogens with one attached hydrogen (secondary N) is 1. The Labute approximate surface area is 116 Å². The van der Waals surface area contributed by atoms with E-state index in [9.17, 15) is 9.18 Å². The zero-order valence-corrected chi connectivity index (χ0v) is 11.0. The third kappa shape index (κ3) is 2.54. The molecule has 0 radical (unpaired) electrons. The van der Waals surface area contributed by atoms with Crippen molar-refractivity contribution in [3.63, 3.8) is 0 Å². The van der Waals surface area contributed by atoms with Crippen molar-refractivity contribution in [3.8, 4) is 0 Å². The molecule has 2 unspecified atom stereocenters. The van der Waals surface area contributed by atoms with Crippen molar-refractivity contribution in [2.24, 2.45) is 0 Å². The van der Waals surface area contributed by atoms with Crippen LogP contribution in [0.2, 0.25) is 0 Å². The van der Waals surface area contributed by atoms with Crippen molar-refractivity contribution in [3.05, 3.63) is 35.1 Å². The summed E-state index contributed by atoms with van der Waals surface area (Å²) < 4.78 is 19.6. The number of hydrogen-bond acceptors (Lipinski definition) is 4. The van der Waals surface area contributed by atoms with Gasteiger partial charge in [0.15, 0.2) is 0 Å². The minimum absolute atomic E-state index is 0.109. The maximum atomic E-state index is 14.0. The Bertz CT molecular complexity index is 515. The zero-order valence-electron chi connectivity index (χ0n) is 11.0. The smallest absolute Gasteiger partial charge is 0.274 e. The van der Waals surface area contributed by atoms with Gasteiger partial charge in [-0.15, -0.1) is 0 Å². The zero-order chi connectivity index (χ0) is 14.1. The number of carbonyl (C=O) groups excluding carboxylic acids is 1. The lowest BCUT2D eigenvalue weighted by atomic mass is 9.96. The van der Waals surface area contributed by atoms with Crippen LogP contribution >= 0.6 is 0 Å². The molecule has 2 N–H and O–H groups in total. The lowest BCUT2D eigenvalue weighted by molar-refractivity contribution is -0.109. The molecule has 1 aromatic carbocycles. The van der Waals surface area contributed by atoms with Crippen LogP contribution in [0.3, 0.4) is 0 Å². The fourth-order valence-electron chi connectivity index (χ4n) is 2.93. The summed E-state index contributed by atoms with van der Waals surface area (Å²) >= 11 is 0. The normalized spacial score (nSPS) is 25.7. The summed E-state index contributed by atoms with van der Waals surface area (Å²) in [6, 6.07) is 4.63. The van der Waals surface area contributed by atoms with Crippen LogP contribution in [0.4, 0.5) is 4.39 Å². The van der Waals surface area contributed by atoms with E-state index in [2.05, 4.69) is 4.90 Å². The van der Waals surface area contributed by atoms with Crippen molar-refractivity contribution in [1.82, 2.24) is 10.4 Å². The molecule has 3 heterocycles. The Kier molecular flexibility index (Phi) is 3.69. The predicted molar refractivity (Wildman–Crippen MR) is 68.8 cm³/mol. The van der Waals surface area contributed by atoms with Crippen molar-refractivity contribution in [2.45, 2.75) is 31.5 Å². The van der Waals surface area contributed by atoms with E-state index in [1.165, 1.54) is 11.5 Å². The van der Waals surface area contributed by atoms with Gasteiger partial charge in [-0.3, -0.25) is 14.9 Å². The summed E-state index contributed by atoms with van der Waals surface area (Å²) in [6.07, 6.45) is 2.44. The van der Waals surface area contributed by atoms with Gasteiger partial charge in [0.1, 0.15) is 5.82 Å². The highest BCUT2D eigenvalue weighted by Gasteiger charge is 2.34. The first-order chi connectivity index (χ1) is 9.67. The number of morpholine rings is 1. The molecule has 2 bridgehead atoms. The second-order valence-electron chi connectivity index (χ2n) is 5.36. The molecular weight excluding hydrogens is 263 g/mol. The van der Waals surface area contributed by atoms with Crippen LogP contribution in [0, 0.1) is 5.82 Å². The molecule has 3 aliphatic rings. The Morgan fingerprint density at radius 3 is 2.90 bits per heavy atom. The van der Waals surface area contributed by atoms with Crippen LogP contribution in [0.1, 0.15) is 28.8 Å². The fraction of sp³-hybridized carbons (Fsp3) is 0.500. The first-order valence-electron chi connectivity index (χ1n) is 6.76. The first kappa shape index (κ1) is 13.5. The average molecular weight is 280 g/mol. The van der Waals surface area contributed by atoms with Gasteiger partial charge in [-0.1, -0.05) is 6.07 Å². The molecule has 2 atom stereocenters. The van der Waals surface area contributed by atoms with Crippen LogP contribution in [-0.2, 0) is 11.3 Å². The lowest BCUT2D eigenvalue weighted by Gasteiger charge is -2.45. The van der Waals surface area contributed by atoms with Gasteiger partial charge in [-0.25, -0.2) is 9.87 Å². The number of piperidine rings is 1. The van der Waals surface area contributed by atoms with E-state index in [1.54, 1.807) is 6.07 Å². The molecule has 4 rings (SSSR count). The number of amides is 1. The van der Waals surface area contributed by atoms with E-state index in [0.29, 0.717) is 18.2 Å². The van der Waals surface area contributed by atoms with Gasteiger partial charge in [0.05, 0.1) is 12.7 Å². The fourth-order valence-corrected chi connectivity index (χ4v) is 2.93. The summed E-state index contributed by atoms with van der Waals surface area (Å²) in [4.78, 5) is 13.5. The van der Waals surface area contributed by atoms with E-state index in [1.807, 2.05) is 0 Å². The van der Waals surface area contributed by atoms with E-state index in [0.717, 1.165) is 32.1 Å². The summed E-state index contributed by atoms with van der Waals surface area (Å²) in [6.45, 7) is 2.08. The second-order valence-corrected chi connectivity index (χ2v) is 5.36. The molecular formula is C14H17FN2O3. The van der Waals surface area contributed by atoms with Gasteiger partial charge in [-0.05, 0) is 25.0 Å². The van der Waals surface area contributed by atoms with Crippen molar-refractivity contribution < 1.29 is 19.1 Å². The highest BCUT2D eigenvalue weighted by Crippen LogP contribution is 2.28. The highest BCUT2D eigenvalue weighted by atomic mass is 19.1. The average Bonchev–Trinajstić information content (AvgIpc) is 2.49. The summed E-state index contributed by atoms with van der Waals surface area (Å²) in [7, 11) is 0. The molecule has 3 saturated heterocycles. The molecule has 1 amide bonds. The minimum atomic E-state index is -0.708. The van der Waals surface area contributed by atoms with Crippen LogP contribution < -0.4 is 5.48 Å². The molecule has 20 heavy (non-hydrogen) atoms. The molecule has 6 heteroatoms. The molecule has 0 spiro atoms. The summed E-state index contributed by atoms with van der Waals surface area (Å²) in [5, 5.41) is 8.54. The molecule has 108 valence electrons. The van der Waals surface area contributed by atoms with Gasteiger partial charge in [0.2, 0.25) is 0 Å². The maximum Gasteiger partial charge on any atom is 0.274 e. The number of hydroxylamine groups is 1. The number of nitrogens with zero attached hydrogens (tertiary/aromatic N) is 1. The molecule has 0 aliphatic carbocycles. The number of rotatable bonds is 3. The molecule has 0 saturated carbocycles. The van der Waals surface area contributed by atoms with Crippen LogP contribution in [-0.4, -0.2) is 41.3 Å². The predicted octanol–water partition coefficient (Wildman–Crippen LogP) is 1.31. The summed E-state index contributed by atoms with van der Waals surface area (Å²) in [5.41, 5.74) is 2.17. The Balaban J connectivity index is 1.73. The third-order valence-corrected chi connectivity index (χ3v) is 4.09. The van der Waals surface area contributed by atoms with Gasteiger partial charge in [0.25, 0.3) is 5.91 Å². The van der Waals surface area contributed by atoms with Gasteiger partial charge in [0, 0.05) is 30.3 Å². The first-order valence-corrected chi connectivity index (χ1v) is 6.76. The van der Waals surface area contributed by atoms with Gasteiger partial charge < -0.3 is 4.74 Å². The minimum Gasteiger partial charge on any atom is -0.375 e. The number of hydrogen-bond donors (Lipinski definition) is 2.